The first kappa shape index (κ1) is 13.2. The first-order valence-electron chi connectivity index (χ1n) is 6.71. The van der Waals surface area contributed by atoms with Gasteiger partial charge in [0.25, 0.3) is 5.91 Å². The minimum atomic E-state index is -0.622. The Hall–Kier alpha value is -0.280. The summed E-state index contributed by atoms with van der Waals surface area (Å²) >= 11 is 6.33. The van der Waals surface area contributed by atoms with Gasteiger partial charge < -0.3 is 10.1 Å². The van der Waals surface area contributed by atoms with Crippen molar-refractivity contribution in [1.82, 2.24) is 5.32 Å². The Morgan fingerprint density at radius 3 is 2.76 bits per heavy atom. The Balaban J connectivity index is 1.92. The Labute approximate surface area is 108 Å². The number of amides is 1. The number of rotatable bonds is 2. The molecule has 1 saturated carbocycles. The van der Waals surface area contributed by atoms with E-state index >= 15 is 0 Å². The summed E-state index contributed by atoms with van der Waals surface area (Å²) in [4.78, 5) is 12.2. The van der Waals surface area contributed by atoms with E-state index in [1.165, 1.54) is 12.8 Å². The van der Waals surface area contributed by atoms with Crippen molar-refractivity contribution in [1.29, 1.82) is 0 Å². The lowest BCUT2D eigenvalue weighted by molar-refractivity contribution is -0.140. The van der Waals surface area contributed by atoms with Gasteiger partial charge in [0.05, 0.1) is 5.38 Å². The molecule has 0 aromatic heterocycles. The minimum Gasteiger partial charge on any atom is -0.365 e. The number of carbonyl (C=O) groups excluding carboxylic acids is 1. The average molecular weight is 260 g/mol. The van der Waals surface area contributed by atoms with Gasteiger partial charge in [0.2, 0.25) is 0 Å². The molecular formula is C13H22ClNO2. The van der Waals surface area contributed by atoms with Crippen molar-refractivity contribution >= 4 is 17.5 Å². The molecule has 0 radical (unpaired) electrons. The number of nitrogens with one attached hydrogen (secondary N) is 1. The predicted octanol–water partition coefficient (Wildman–Crippen LogP) is 2.61. The summed E-state index contributed by atoms with van der Waals surface area (Å²) in [6.07, 6.45) is 7.35. The van der Waals surface area contributed by atoms with Gasteiger partial charge in [0.15, 0.2) is 0 Å². The predicted molar refractivity (Wildman–Crippen MR) is 68.2 cm³/mol. The third-order valence-electron chi connectivity index (χ3n) is 3.95. The minimum absolute atomic E-state index is 0.0209. The van der Waals surface area contributed by atoms with E-state index < -0.39 is 5.60 Å². The molecule has 3 nitrogen and oxygen atoms in total. The summed E-state index contributed by atoms with van der Waals surface area (Å²) in [6.45, 7) is 2.58. The lowest BCUT2D eigenvalue weighted by atomic mass is 10.00. The maximum Gasteiger partial charge on any atom is 0.252 e. The molecule has 17 heavy (non-hydrogen) atoms. The summed E-state index contributed by atoms with van der Waals surface area (Å²) < 4.78 is 5.56. The number of ether oxygens (including phenoxy) is 1. The third kappa shape index (κ3) is 3.14. The zero-order chi connectivity index (χ0) is 12.3. The van der Waals surface area contributed by atoms with Gasteiger partial charge >= 0.3 is 0 Å². The van der Waals surface area contributed by atoms with E-state index in [-0.39, 0.29) is 17.3 Å². The lowest BCUT2D eigenvalue weighted by Gasteiger charge is -2.27. The van der Waals surface area contributed by atoms with Crippen LogP contribution in [0.1, 0.15) is 51.9 Å². The topological polar surface area (TPSA) is 38.3 Å². The molecule has 0 spiro atoms. The second kappa shape index (κ2) is 5.57. The molecule has 3 atom stereocenters. The largest absolute Gasteiger partial charge is 0.365 e. The average Bonchev–Trinajstić information content (AvgIpc) is 2.65. The third-order valence-corrected chi connectivity index (χ3v) is 4.47. The fraction of sp³-hybridized carbons (Fsp3) is 0.923. The van der Waals surface area contributed by atoms with Gasteiger partial charge in [-0.1, -0.05) is 19.3 Å². The summed E-state index contributed by atoms with van der Waals surface area (Å²) in [5.41, 5.74) is -0.622. The SMILES string of the molecule is CC1(C(=O)NC2CCCCCC2Cl)CCCO1. The molecule has 0 bridgehead atoms. The van der Waals surface area contributed by atoms with Crippen molar-refractivity contribution < 1.29 is 9.53 Å². The van der Waals surface area contributed by atoms with Gasteiger partial charge in [-0.2, -0.15) is 0 Å². The van der Waals surface area contributed by atoms with Gasteiger partial charge in [-0.05, 0) is 32.6 Å². The summed E-state index contributed by atoms with van der Waals surface area (Å²) in [5.74, 6) is 0.0209. The van der Waals surface area contributed by atoms with E-state index in [0.717, 1.165) is 32.1 Å². The Morgan fingerprint density at radius 2 is 2.06 bits per heavy atom. The number of hydrogen-bond donors (Lipinski definition) is 1. The first-order valence-corrected chi connectivity index (χ1v) is 7.14. The van der Waals surface area contributed by atoms with E-state index in [1.54, 1.807) is 0 Å². The van der Waals surface area contributed by atoms with E-state index in [2.05, 4.69) is 5.32 Å². The number of halogens is 1. The Bertz CT molecular complexity index is 277. The number of alkyl halides is 1. The molecule has 2 aliphatic rings. The zero-order valence-electron chi connectivity index (χ0n) is 10.5. The Kier molecular flexibility index (Phi) is 4.31. The smallest absolute Gasteiger partial charge is 0.252 e. The monoisotopic (exact) mass is 259 g/mol. The summed E-state index contributed by atoms with van der Waals surface area (Å²) in [7, 11) is 0. The van der Waals surface area contributed by atoms with Crippen molar-refractivity contribution in [3.8, 4) is 0 Å². The van der Waals surface area contributed by atoms with E-state index in [0.29, 0.717) is 6.61 Å². The van der Waals surface area contributed by atoms with Crippen LogP contribution in [0.3, 0.4) is 0 Å². The molecule has 1 N–H and O–H groups in total. The maximum atomic E-state index is 12.2. The molecule has 2 rings (SSSR count). The highest BCUT2D eigenvalue weighted by molar-refractivity contribution is 6.21. The van der Waals surface area contributed by atoms with Crippen LogP contribution in [0.4, 0.5) is 0 Å². The highest BCUT2D eigenvalue weighted by Gasteiger charge is 2.39. The van der Waals surface area contributed by atoms with Crippen LogP contribution in [-0.2, 0) is 9.53 Å². The molecule has 1 aliphatic carbocycles. The highest BCUT2D eigenvalue weighted by Crippen LogP contribution is 2.27. The fourth-order valence-corrected chi connectivity index (χ4v) is 3.05. The van der Waals surface area contributed by atoms with Crippen LogP contribution in [0, 0.1) is 0 Å². The maximum absolute atomic E-state index is 12.2. The molecule has 98 valence electrons. The van der Waals surface area contributed by atoms with Gasteiger partial charge in [-0.25, -0.2) is 0 Å². The molecule has 1 amide bonds. The molecule has 2 fully saturated rings. The molecule has 0 aromatic carbocycles. The van der Waals surface area contributed by atoms with Crippen LogP contribution in [0.5, 0.6) is 0 Å². The molecule has 4 heteroatoms. The number of carbonyl (C=O) groups is 1. The van der Waals surface area contributed by atoms with Crippen LogP contribution >= 0.6 is 11.6 Å². The first-order chi connectivity index (χ1) is 8.12. The molecule has 3 unspecified atom stereocenters. The van der Waals surface area contributed by atoms with Gasteiger partial charge in [-0.3, -0.25) is 4.79 Å². The second-order valence-corrected chi connectivity index (χ2v) is 5.98. The number of hydrogen-bond acceptors (Lipinski definition) is 2. The van der Waals surface area contributed by atoms with Crippen LogP contribution in [0.15, 0.2) is 0 Å². The van der Waals surface area contributed by atoms with Gasteiger partial charge in [0.1, 0.15) is 5.60 Å². The Morgan fingerprint density at radius 1 is 1.29 bits per heavy atom. The van der Waals surface area contributed by atoms with Crippen molar-refractivity contribution in [3.05, 3.63) is 0 Å². The lowest BCUT2D eigenvalue weighted by Crippen LogP contribution is -2.50. The van der Waals surface area contributed by atoms with Gasteiger partial charge in [-0.15, -0.1) is 11.6 Å². The van der Waals surface area contributed by atoms with Crippen LogP contribution in [0.2, 0.25) is 0 Å². The van der Waals surface area contributed by atoms with Crippen LogP contribution in [0.25, 0.3) is 0 Å². The molecule has 1 aliphatic heterocycles. The zero-order valence-corrected chi connectivity index (χ0v) is 11.3. The quantitative estimate of drug-likeness (QED) is 0.612. The summed E-state index contributed by atoms with van der Waals surface area (Å²) in [5, 5.41) is 3.17. The van der Waals surface area contributed by atoms with Crippen molar-refractivity contribution in [3.63, 3.8) is 0 Å². The van der Waals surface area contributed by atoms with Gasteiger partial charge in [0, 0.05) is 12.6 Å². The van der Waals surface area contributed by atoms with Crippen LogP contribution in [-0.4, -0.2) is 29.5 Å². The van der Waals surface area contributed by atoms with Crippen molar-refractivity contribution in [2.24, 2.45) is 0 Å². The standard InChI is InChI=1S/C13H22ClNO2/c1-13(8-5-9-17-13)12(16)15-11-7-4-2-3-6-10(11)14/h10-11H,2-9H2,1H3,(H,15,16). The molecular weight excluding hydrogens is 238 g/mol. The molecule has 1 heterocycles. The van der Waals surface area contributed by atoms with E-state index in [1.807, 2.05) is 6.92 Å². The molecule has 0 aromatic rings. The fourth-order valence-electron chi connectivity index (χ4n) is 2.70. The normalized spacial score (nSPS) is 38.7. The summed E-state index contributed by atoms with van der Waals surface area (Å²) in [6, 6.07) is 0.118. The van der Waals surface area contributed by atoms with E-state index in [4.69, 9.17) is 16.3 Å². The second-order valence-electron chi connectivity index (χ2n) is 5.42. The molecule has 1 saturated heterocycles. The van der Waals surface area contributed by atoms with Crippen molar-refractivity contribution in [2.45, 2.75) is 68.9 Å². The van der Waals surface area contributed by atoms with Crippen LogP contribution < -0.4 is 5.32 Å². The van der Waals surface area contributed by atoms with Crippen molar-refractivity contribution in [2.75, 3.05) is 6.61 Å². The highest BCUT2D eigenvalue weighted by atomic mass is 35.5. The van der Waals surface area contributed by atoms with E-state index in [9.17, 15) is 4.79 Å².